The van der Waals surface area contributed by atoms with Crippen LogP contribution in [0.2, 0.25) is 0 Å². The average Bonchev–Trinajstić information content (AvgIpc) is 2.40. The number of aliphatic hydroxyl groups is 1. The molecule has 0 saturated carbocycles. The Kier molecular flexibility index (Phi) is 5.89. The van der Waals surface area contributed by atoms with E-state index >= 15 is 0 Å². The first-order valence-electron chi connectivity index (χ1n) is 5.31. The van der Waals surface area contributed by atoms with Gasteiger partial charge in [0.2, 0.25) is 0 Å². The number of rotatable bonds is 2. The average molecular weight is 226 g/mol. The van der Waals surface area contributed by atoms with Gasteiger partial charge in [-0.15, -0.1) is 0 Å². The molecule has 0 saturated heterocycles. The Balaban J connectivity index is 0.000000437. The van der Waals surface area contributed by atoms with Crippen molar-refractivity contribution in [3.63, 3.8) is 0 Å². The van der Waals surface area contributed by atoms with Gasteiger partial charge in [0.05, 0.1) is 6.26 Å². The molecule has 0 aliphatic rings. The van der Waals surface area contributed by atoms with Crippen molar-refractivity contribution >= 4 is 12.3 Å². The number of benzene rings is 1. The lowest BCUT2D eigenvalue weighted by Crippen LogP contribution is -2.23. The third-order valence-corrected chi connectivity index (χ3v) is 1.98. The van der Waals surface area contributed by atoms with Crippen LogP contribution in [0.4, 0.5) is 0 Å². The molecular weight excluding hydrogens is 210 g/mol. The van der Waals surface area contributed by atoms with Crippen LogP contribution in [-0.4, -0.2) is 5.11 Å². The third kappa shape index (κ3) is 5.33. The van der Waals surface area contributed by atoms with E-state index in [0.29, 0.717) is 0 Å². The van der Waals surface area contributed by atoms with E-state index in [1.165, 1.54) is 5.56 Å². The molecule has 1 aromatic heterocycles. The highest BCUT2D eigenvalue weighted by Crippen LogP contribution is 1.99. The van der Waals surface area contributed by atoms with Crippen LogP contribution >= 0.6 is 0 Å². The largest absolute Gasteiger partial charge is 0.516 e. The normalized spacial score (nSPS) is 9.41. The maximum Gasteiger partial charge on any atom is 0.175 e. The highest BCUT2D eigenvalue weighted by Gasteiger charge is 1.89. The maximum absolute atomic E-state index is 7.33. The predicted octanol–water partition coefficient (Wildman–Crippen LogP) is 3.29. The molecule has 0 atom stereocenters. The molecule has 0 fully saturated rings. The van der Waals surface area contributed by atoms with Gasteiger partial charge in [-0.3, -0.25) is 0 Å². The number of hydrogen-bond donors (Lipinski definition) is 1. The van der Waals surface area contributed by atoms with Gasteiger partial charge in [0.15, 0.2) is 18.6 Å². The number of hydrogen-bond acceptors (Lipinski definition) is 1. The molecule has 2 heteroatoms. The Morgan fingerprint density at radius 1 is 0.941 bits per heavy atom. The van der Waals surface area contributed by atoms with Gasteiger partial charge in [-0.05, 0) is 5.56 Å². The molecule has 2 rings (SSSR count). The minimum Gasteiger partial charge on any atom is -0.516 e. The second kappa shape index (κ2) is 7.88. The number of nitrogens with zero attached hydrogens (tertiary/aromatic N) is 1. The minimum atomic E-state index is 0.750. The van der Waals surface area contributed by atoms with Crippen LogP contribution in [0, 0.1) is 0 Å². The van der Waals surface area contributed by atoms with Crippen LogP contribution in [0.25, 0.3) is 12.3 Å². The molecule has 0 amide bonds. The molecule has 17 heavy (non-hydrogen) atoms. The summed E-state index contributed by atoms with van der Waals surface area (Å²) in [4.78, 5) is 0. The summed E-state index contributed by atoms with van der Waals surface area (Å²) in [5.41, 5.74) is 1.21. The lowest BCUT2D eigenvalue weighted by molar-refractivity contribution is -0.567. The van der Waals surface area contributed by atoms with Gasteiger partial charge in [0.1, 0.15) is 0 Å². The Morgan fingerprint density at radius 2 is 1.47 bits per heavy atom. The molecule has 1 N–H and O–H groups in total. The smallest absolute Gasteiger partial charge is 0.175 e. The second-order valence-corrected chi connectivity index (χ2v) is 3.23. The second-order valence-electron chi connectivity index (χ2n) is 3.23. The van der Waals surface area contributed by atoms with Gasteiger partial charge >= 0.3 is 0 Å². The first kappa shape index (κ1) is 12.7. The van der Waals surface area contributed by atoms with Crippen LogP contribution < -0.4 is 4.57 Å². The van der Waals surface area contributed by atoms with Crippen molar-refractivity contribution in [3.8, 4) is 0 Å². The Bertz CT molecular complexity index is 407. The van der Waals surface area contributed by atoms with Crippen molar-refractivity contribution in [2.24, 2.45) is 0 Å². The molecule has 1 aromatic carbocycles. The fraction of sp³-hybridized carbons (Fsp3) is 0. The summed E-state index contributed by atoms with van der Waals surface area (Å²) in [5.74, 6) is 0. The summed E-state index contributed by atoms with van der Waals surface area (Å²) >= 11 is 0. The highest BCUT2D eigenvalue weighted by atomic mass is 16.2. The Hall–Kier alpha value is -2.35. The van der Waals surface area contributed by atoms with Crippen molar-refractivity contribution in [2.75, 3.05) is 0 Å². The number of aromatic nitrogens is 1. The van der Waals surface area contributed by atoms with E-state index < -0.39 is 0 Å². The molecule has 2 aromatic rings. The van der Waals surface area contributed by atoms with Crippen LogP contribution in [0.5, 0.6) is 0 Å². The van der Waals surface area contributed by atoms with Crippen LogP contribution in [0.15, 0.2) is 73.8 Å². The van der Waals surface area contributed by atoms with Crippen LogP contribution in [-0.2, 0) is 0 Å². The Labute approximate surface area is 102 Å². The molecule has 0 aliphatic carbocycles. The summed E-state index contributed by atoms with van der Waals surface area (Å²) in [6, 6.07) is 16.3. The van der Waals surface area contributed by atoms with Gasteiger partial charge in [0, 0.05) is 18.2 Å². The monoisotopic (exact) mass is 226 g/mol. The Morgan fingerprint density at radius 3 is 2.06 bits per heavy atom. The van der Waals surface area contributed by atoms with E-state index in [9.17, 15) is 0 Å². The molecule has 0 bridgehead atoms. The van der Waals surface area contributed by atoms with Crippen molar-refractivity contribution < 1.29 is 9.67 Å². The van der Waals surface area contributed by atoms with E-state index in [0.717, 1.165) is 6.26 Å². The SMILES string of the molecule is C(=C[n+]1ccccc1)c1ccccc1.C=CO. The quantitative estimate of drug-likeness (QED) is 0.616. The molecule has 0 aliphatic heterocycles. The van der Waals surface area contributed by atoms with Crippen molar-refractivity contribution in [1.82, 2.24) is 0 Å². The lowest BCUT2D eigenvalue weighted by Gasteiger charge is -1.88. The summed E-state index contributed by atoms with van der Waals surface area (Å²) in [6.45, 7) is 2.92. The zero-order valence-electron chi connectivity index (χ0n) is 9.61. The molecule has 1 heterocycles. The first-order valence-corrected chi connectivity index (χ1v) is 5.31. The number of aliphatic hydroxyl groups excluding tert-OH is 1. The molecule has 0 unspecified atom stereocenters. The standard InChI is InChI=1S/C13H12N.C2H4O/c1-3-7-13(8-4-1)9-12-14-10-5-2-6-11-14;1-2-3/h1-12H;2-3H,1H2/q+1;. The van der Waals surface area contributed by atoms with Gasteiger partial charge in [-0.25, -0.2) is 0 Å². The summed E-state index contributed by atoms with van der Waals surface area (Å²) in [5, 5.41) is 7.33. The highest BCUT2D eigenvalue weighted by molar-refractivity contribution is 5.56. The van der Waals surface area contributed by atoms with Gasteiger partial charge < -0.3 is 5.11 Å². The lowest BCUT2D eigenvalue weighted by atomic mass is 10.2. The van der Waals surface area contributed by atoms with Crippen LogP contribution in [0.1, 0.15) is 5.56 Å². The van der Waals surface area contributed by atoms with E-state index in [1.807, 2.05) is 59.6 Å². The van der Waals surface area contributed by atoms with E-state index in [-0.39, 0.29) is 0 Å². The predicted molar refractivity (Wildman–Crippen MR) is 71.1 cm³/mol. The summed E-state index contributed by atoms with van der Waals surface area (Å²) < 4.78 is 2.02. The van der Waals surface area contributed by atoms with E-state index in [1.54, 1.807) is 0 Å². The minimum absolute atomic E-state index is 0.750. The molecule has 86 valence electrons. The topological polar surface area (TPSA) is 24.1 Å². The van der Waals surface area contributed by atoms with Gasteiger partial charge in [0.25, 0.3) is 0 Å². The summed E-state index contributed by atoms with van der Waals surface area (Å²) in [7, 11) is 0. The third-order valence-electron chi connectivity index (χ3n) is 1.98. The molecule has 0 spiro atoms. The fourth-order valence-corrected chi connectivity index (χ4v) is 1.25. The number of pyridine rings is 1. The zero-order valence-corrected chi connectivity index (χ0v) is 9.61. The van der Waals surface area contributed by atoms with Crippen LogP contribution in [0.3, 0.4) is 0 Å². The van der Waals surface area contributed by atoms with Crippen molar-refractivity contribution in [1.29, 1.82) is 0 Å². The zero-order chi connectivity index (χ0) is 12.3. The summed E-state index contributed by atoms with van der Waals surface area (Å²) in [6.07, 6.45) is 8.90. The van der Waals surface area contributed by atoms with Crippen molar-refractivity contribution in [2.45, 2.75) is 0 Å². The van der Waals surface area contributed by atoms with Gasteiger partial charge in [-0.2, -0.15) is 4.57 Å². The van der Waals surface area contributed by atoms with E-state index in [2.05, 4.69) is 24.8 Å². The molecule has 2 nitrogen and oxygen atoms in total. The van der Waals surface area contributed by atoms with E-state index in [4.69, 9.17) is 5.11 Å². The first-order chi connectivity index (χ1) is 8.36. The maximum atomic E-state index is 7.33. The molecular formula is C15H16NO+. The fourth-order valence-electron chi connectivity index (χ4n) is 1.25. The van der Waals surface area contributed by atoms with Gasteiger partial charge in [-0.1, -0.05) is 43.0 Å². The molecule has 0 radical (unpaired) electrons. The van der Waals surface area contributed by atoms with Crippen molar-refractivity contribution in [3.05, 3.63) is 79.3 Å².